The molecule has 5 nitrogen and oxygen atoms in total. The lowest BCUT2D eigenvalue weighted by atomic mass is 10.1. The van der Waals surface area contributed by atoms with Gasteiger partial charge < -0.3 is 19.5 Å². The van der Waals surface area contributed by atoms with E-state index in [4.69, 9.17) is 14.6 Å². The Morgan fingerprint density at radius 2 is 1.82 bits per heavy atom. The van der Waals surface area contributed by atoms with Gasteiger partial charge in [0.15, 0.2) is 0 Å². The van der Waals surface area contributed by atoms with E-state index in [0.29, 0.717) is 17.1 Å². The molecule has 0 aliphatic heterocycles. The molecule has 0 fully saturated rings. The molecule has 94 valence electrons. The number of likely N-dealkylation sites (N-methyl/N-ethyl adjacent to an activating group) is 1. The maximum absolute atomic E-state index is 12.1. The summed E-state index contributed by atoms with van der Waals surface area (Å²) >= 11 is 0. The van der Waals surface area contributed by atoms with Crippen molar-refractivity contribution in [1.82, 2.24) is 4.90 Å². The summed E-state index contributed by atoms with van der Waals surface area (Å²) in [5.41, 5.74) is 0.369. The van der Waals surface area contributed by atoms with Gasteiger partial charge in [-0.15, -0.1) is 0 Å². The molecule has 0 unspecified atom stereocenters. The Morgan fingerprint density at radius 3 is 2.24 bits per heavy atom. The molecule has 0 bridgehead atoms. The molecule has 0 saturated carbocycles. The van der Waals surface area contributed by atoms with Crippen LogP contribution >= 0.6 is 0 Å². The van der Waals surface area contributed by atoms with Gasteiger partial charge >= 0.3 is 0 Å². The van der Waals surface area contributed by atoms with Crippen molar-refractivity contribution in [2.45, 2.75) is 0 Å². The molecule has 17 heavy (non-hydrogen) atoms. The topological polar surface area (TPSA) is 59.0 Å². The Kier molecular flexibility index (Phi) is 4.78. The van der Waals surface area contributed by atoms with Gasteiger partial charge in [-0.1, -0.05) is 6.07 Å². The van der Waals surface area contributed by atoms with Crippen molar-refractivity contribution in [2.24, 2.45) is 0 Å². The Hall–Kier alpha value is -1.75. The quantitative estimate of drug-likeness (QED) is 0.824. The number of hydrogen-bond donors (Lipinski definition) is 1. The molecular weight excluding hydrogens is 222 g/mol. The number of ether oxygens (including phenoxy) is 2. The van der Waals surface area contributed by atoms with E-state index in [1.54, 1.807) is 25.2 Å². The third-order valence-corrected chi connectivity index (χ3v) is 2.42. The average molecular weight is 239 g/mol. The van der Waals surface area contributed by atoms with Gasteiger partial charge in [0.25, 0.3) is 5.91 Å². The summed E-state index contributed by atoms with van der Waals surface area (Å²) in [4.78, 5) is 13.6. The molecule has 1 rings (SSSR count). The summed E-state index contributed by atoms with van der Waals surface area (Å²) in [6, 6.07) is 5.14. The molecular formula is C12H17NO4. The largest absolute Gasteiger partial charge is 0.496 e. The Labute approximate surface area is 101 Å². The van der Waals surface area contributed by atoms with Gasteiger partial charge in [-0.05, 0) is 12.1 Å². The fraction of sp³-hybridized carbons (Fsp3) is 0.417. The van der Waals surface area contributed by atoms with Crippen LogP contribution in [0.25, 0.3) is 0 Å². The Morgan fingerprint density at radius 1 is 1.29 bits per heavy atom. The van der Waals surface area contributed by atoms with E-state index in [1.807, 2.05) is 0 Å². The number of rotatable bonds is 5. The summed E-state index contributed by atoms with van der Waals surface area (Å²) < 4.78 is 10.3. The first kappa shape index (κ1) is 13.3. The maximum atomic E-state index is 12.1. The van der Waals surface area contributed by atoms with Gasteiger partial charge in [-0.3, -0.25) is 4.79 Å². The minimum absolute atomic E-state index is 0.0836. The molecule has 0 heterocycles. The lowest BCUT2D eigenvalue weighted by molar-refractivity contribution is 0.0760. The normalized spacial score (nSPS) is 9.88. The number of methoxy groups -OCH3 is 2. The number of aliphatic hydroxyl groups excluding tert-OH is 1. The monoisotopic (exact) mass is 239 g/mol. The Balaban J connectivity index is 3.13. The van der Waals surface area contributed by atoms with Gasteiger partial charge in [-0.2, -0.15) is 0 Å². The van der Waals surface area contributed by atoms with E-state index in [2.05, 4.69) is 0 Å². The molecule has 0 spiro atoms. The predicted octanol–water partition coefficient (Wildman–Crippen LogP) is 0.768. The molecule has 5 heteroatoms. The van der Waals surface area contributed by atoms with E-state index in [9.17, 15) is 4.79 Å². The summed E-state index contributed by atoms with van der Waals surface area (Å²) in [6.07, 6.45) is 0. The van der Waals surface area contributed by atoms with E-state index in [0.717, 1.165) is 0 Å². The first-order valence-electron chi connectivity index (χ1n) is 5.23. The van der Waals surface area contributed by atoms with Gasteiger partial charge in [0, 0.05) is 13.6 Å². The molecule has 0 atom stereocenters. The molecule has 1 aromatic rings. The van der Waals surface area contributed by atoms with Crippen molar-refractivity contribution < 1.29 is 19.4 Å². The molecule has 0 radical (unpaired) electrons. The van der Waals surface area contributed by atoms with Gasteiger partial charge in [0.1, 0.15) is 17.1 Å². The third kappa shape index (κ3) is 2.88. The molecule has 0 aromatic heterocycles. The van der Waals surface area contributed by atoms with Crippen molar-refractivity contribution in [3.05, 3.63) is 23.8 Å². The molecule has 1 N–H and O–H groups in total. The highest BCUT2D eigenvalue weighted by Gasteiger charge is 2.20. The lowest BCUT2D eigenvalue weighted by Crippen LogP contribution is -2.30. The van der Waals surface area contributed by atoms with E-state index in [1.165, 1.54) is 19.1 Å². The van der Waals surface area contributed by atoms with Crippen LogP contribution in [0, 0.1) is 0 Å². The predicted molar refractivity (Wildman–Crippen MR) is 63.6 cm³/mol. The number of carbonyl (C=O) groups is 1. The van der Waals surface area contributed by atoms with Crippen LogP contribution < -0.4 is 9.47 Å². The minimum Gasteiger partial charge on any atom is -0.496 e. The number of benzene rings is 1. The summed E-state index contributed by atoms with van der Waals surface area (Å²) in [7, 11) is 4.61. The zero-order valence-corrected chi connectivity index (χ0v) is 10.3. The van der Waals surface area contributed by atoms with Crippen molar-refractivity contribution in [3.8, 4) is 11.5 Å². The fourth-order valence-corrected chi connectivity index (χ4v) is 1.50. The van der Waals surface area contributed by atoms with Crippen LogP contribution in [-0.2, 0) is 0 Å². The number of hydrogen-bond acceptors (Lipinski definition) is 4. The second-order valence-corrected chi connectivity index (χ2v) is 3.49. The van der Waals surface area contributed by atoms with Crippen molar-refractivity contribution in [3.63, 3.8) is 0 Å². The van der Waals surface area contributed by atoms with Crippen LogP contribution in [0.4, 0.5) is 0 Å². The first-order chi connectivity index (χ1) is 8.15. The standard InChI is InChI=1S/C12H17NO4/c1-13(7-8-14)12(15)11-9(16-2)5-4-6-10(11)17-3/h4-6,14H,7-8H2,1-3H3. The minimum atomic E-state index is -0.242. The van der Waals surface area contributed by atoms with Gasteiger partial charge in [0.2, 0.25) is 0 Å². The summed E-state index contributed by atoms with van der Waals surface area (Å²) in [6.45, 7) is 0.180. The lowest BCUT2D eigenvalue weighted by Gasteiger charge is -2.19. The second kappa shape index (κ2) is 6.10. The number of aliphatic hydroxyl groups is 1. The van der Waals surface area contributed by atoms with Crippen molar-refractivity contribution in [2.75, 3.05) is 34.4 Å². The average Bonchev–Trinajstić information content (AvgIpc) is 2.37. The Bertz CT molecular complexity index is 370. The zero-order chi connectivity index (χ0) is 12.8. The number of carbonyl (C=O) groups excluding carboxylic acids is 1. The van der Waals surface area contributed by atoms with Crippen LogP contribution in [0.5, 0.6) is 11.5 Å². The van der Waals surface area contributed by atoms with Crippen LogP contribution in [0.2, 0.25) is 0 Å². The van der Waals surface area contributed by atoms with Crippen LogP contribution in [0.15, 0.2) is 18.2 Å². The van der Waals surface area contributed by atoms with Gasteiger partial charge in [0.05, 0.1) is 20.8 Å². The molecule has 1 aromatic carbocycles. The summed E-state index contributed by atoms with van der Waals surface area (Å²) in [5.74, 6) is 0.673. The van der Waals surface area contributed by atoms with Crippen molar-refractivity contribution >= 4 is 5.91 Å². The van der Waals surface area contributed by atoms with Crippen LogP contribution in [0.3, 0.4) is 0 Å². The number of amides is 1. The summed E-state index contributed by atoms with van der Waals surface area (Å²) in [5, 5.41) is 8.83. The molecule has 0 saturated heterocycles. The second-order valence-electron chi connectivity index (χ2n) is 3.49. The smallest absolute Gasteiger partial charge is 0.261 e. The molecule has 1 amide bonds. The first-order valence-corrected chi connectivity index (χ1v) is 5.23. The highest BCUT2D eigenvalue weighted by molar-refractivity contribution is 5.99. The van der Waals surface area contributed by atoms with Crippen molar-refractivity contribution in [1.29, 1.82) is 0 Å². The number of nitrogens with zero attached hydrogens (tertiary/aromatic N) is 1. The van der Waals surface area contributed by atoms with Crippen LogP contribution in [-0.4, -0.2) is 50.3 Å². The zero-order valence-electron chi connectivity index (χ0n) is 10.3. The van der Waals surface area contributed by atoms with Crippen LogP contribution in [0.1, 0.15) is 10.4 Å². The highest BCUT2D eigenvalue weighted by atomic mass is 16.5. The highest BCUT2D eigenvalue weighted by Crippen LogP contribution is 2.29. The van der Waals surface area contributed by atoms with E-state index >= 15 is 0 Å². The SMILES string of the molecule is COc1cccc(OC)c1C(=O)N(C)CCO. The van der Waals surface area contributed by atoms with E-state index < -0.39 is 0 Å². The van der Waals surface area contributed by atoms with E-state index in [-0.39, 0.29) is 19.1 Å². The fourth-order valence-electron chi connectivity index (χ4n) is 1.50. The maximum Gasteiger partial charge on any atom is 0.261 e. The third-order valence-electron chi connectivity index (χ3n) is 2.42. The van der Waals surface area contributed by atoms with Gasteiger partial charge in [-0.25, -0.2) is 0 Å². The molecule has 0 aliphatic carbocycles. The molecule has 0 aliphatic rings.